The van der Waals surface area contributed by atoms with E-state index in [4.69, 9.17) is 9.47 Å². The maximum Gasteiger partial charge on any atom is 0.163 e. The van der Waals surface area contributed by atoms with Crippen LogP contribution in [0.4, 0.5) is 0 Å². The standard InChI is InChI=1S/C13H18O2/c1-9-8-12(13(14-2)15-3)11-7-5-4-6-10(9)11/h4-7,9,12-13H,8H2,1-3H3/t9-,12-/m1/s1. The van der Waals surface area contributed by atoms with E-state index in [0.717, 1.165) is 6.42 Å². The number of ether oxygens (including phenoxy) is 2. The van der Waals surface area contributed by atoms with Crippen molar-refractivity contribution in [2.75, 3.05) is 14.2 Å². The van der Waals surface area contributed by atoms with E-state index < -0.39 is 0 Å². The van der Waals surface area contributed by atoms with Crippen molar-refractivity contribution in [2.24, 2.45) is 0 Å². The van der Waals surface area contributed by atoms with Gasteiger partial charge in [-0.15, -0.1) is 0 Å². The van der Waals surface area contributed by atoms with Crippen LogP contribution in [0.1, 0.15) is 36.3 Å². The Labute approximate surface area is 91.2 Å². The Kier molecular flexibility index (Phi) is 3.08. The van der Waals surface area contributed by atoms with Gasteiger partial charge in [0.15, 0.2) is 6.29 Å². The van der Waals surface area contributed by atoms with Gasteiger partial charge in [0.2, 0.25) is 0 Å². The van der Waals surface area contributed by atoms with E-state index in [-0.39, 0.29) is 6.29 Å². The molecule has 1 aromatic rings. The van der Waals surface area contributed by atoms with E-state index in [0.29, 0.717) is 11.8 Å². The van der Waals surface area contributed by atoms with Crippen LogP contribution in [-0.2, 0) is 9.47 Å². The second-order valence-electron chi connectivity index (χ2n) is 4.21. The van der Waals surface area contributed by atoms with Crippen molar-refractivity contribution in [1.29, 1.82) is 0 Å². The van der Waals surface area contributed by atoms with Gasteiger partial charge < -0.3 is 9.47 Å². The van der Waals surface area contributed by atoms with Crippen molar-refractivity contribution in [3.63, 3.8) is 0 Å². The molecule has 2 rings (SSSR count). The highest BCUT2D eigenvalue weighted by atomic mass is 16.7. The molecule has 0 fully saturated rings. The van der Waals surface area contributed by atoms with Gasteiger partial charge in [0.1, 0.15) is 0 Å². The molecule has 0 aromatic heterocycles. The summed E-state index contributed by atoms with van der Waals surface area (Å²) in [6.45, 7) is 2.27. The molecule has 2 atom stereocenters. The monoisotopic (exact) mass is 206 g/mol. The summed E-state index contributed by atoms with van der Waals surface area (Å²) in [4.78, 5) is 0. The summed E-state index contributed by atoms with van der Waals surface area (Å²) in [5.41, 5.74) is 2.83. The fraction of sp³-hybridized carbons (Fsp3) is 0.538. The molecule has 2 nitrogen and oxygen atoms in total. The molecule has 1 aliphatic rings. The average Bonchev–Trinajstić information content (AvgIpc) is 2.60. The second-order valence-corrected chi connectivity index (χ2v) is 4.21. The van der Waals surface area contributed by atoms with Gasteiger partial charge in [0.05, 0.1) is 0 Å². The Morgan fingerprint density at radius 1 is 1.13 bits per heavy atom. The number of hydrogen-bond donors (Lipinski definition) is 0. The van der Waals surface area contributed by atoms with E-state index in [2.05, 4.69) is 31.2 Å². The van der Waals surface area contributed by atoms with Gasteiger partial charge in [-0.2, -0.15) is 0 Å². The third-order valence-electron chi connectivity index (χ3n) is 3.33. The predicted molar refractivity (Wildman–Crippen MR) is 60.0 cm³/mol. The van der Waals surface area contributed by atoms with Crippen LogP contribution in [0.5, 0.6) is 0 Å². The van der Waals surface area contributed by atoms with Crippen molar-refractivity contribution >= 4 is 0 Å². The highest BCUT2D eigenvalue weighted by Crippen LogP contribution is 2.43. The molecule has 0 unspecified atom stereocenters. The number of fused-ring (bicyclic) bond motifs is 1. The molecule has 0 amide bonds. The smallest absolute Gasteiger partial charge is 0.163 e. The fourth-order valence-electron chi connectivity index (χ4n) is 2.61. The largest absolute Gasteiger partial charge is 0.355 e. The Morgan fingerprint density at radius 3 is 2.33 bits per heavy atom. The van der Waals surface area contributed by atoms with Gasteiger partial charge in [-0.1, -0.05) is 31.2 Å². The molecule has 1 aromatic carbocycles. The SMILES string of the molecule is COC(OC)[C@@H]1C[C@@H](C)c2ccccc21. The predicted octanol–water partition coefficient (Wildman–Crippen LogP) is 2.90. The van der Waals surface area contributed by atoms with Crippen LogP contribution >= 0.6 is 0 Å². The quantitative estimate of drug-likeness (QED) is 0.708. The van der Waals surface area contributed by atoms with Crippen molar-refractivity contribution in [2.45, 2.75) is 31.5 Å². The van der Waals surface area contributed by atoms with E-state index in [1.165, 1.54) is 11.1 Å². The normalized spacial score (nSPS) is 24.5. The van der Waals surface area contributed by atoms with E-state index in [1.54, 1.807) is 14.2 Å². The molecule has 0 saturated carbocycles. The minimum Gasteiger partial charge on any atom is -0.355 e. The summed E-state index contributed by atoms with van der Waals surface area (Å²) >= 11 is 0. The van der Waals surface area contributed by atoms with Crippen LogP contribution < -0.4 is 0 Å². The zero-order valence-electron chi connectivity index (χ0n) is 9.57. The summed E-state index contributed by atoms with van der Waals surface area (Å²) in [6, 6.07) is 8.59. The molecular weight excluding hydrogens is 188 g/mol. The molecule has 0 aliphatic heterocycles. The van der Waals surface area contributed by atoms with E-state index >= 15 is 0 Å². The zero-order chi connectivity index (χ0) is 10.8. The minimum atomic E-state index is -0.115. The van der Waals surface area contributed by atoms with Gasteiger partial charge in [0.25, 0.3) is 0 Å². The molecule has 0 heterocycles. The third-order valence-corrected chi connectivity index (χ3v) is 3.33. The van der Waals surface area contributed by atoms with Crippen molar-refractivity contribution < 1.29 is 9.47 Å². The molecule has 15 heavy (non-hydrogen) atoms. The van der Waals surface area contributed by atoms with Crippen molar-refractivity contribution in [3.8, 4) is 0 Å². The molecular formula is C13H18O2. The number of benzene rings is 1. The van der Waals surface area contributed by atoms with E-state index in [9.17, 15) is 0 Å². The molecule has 0 spiro atoms. The second kappa shape index (κ2) is 4.33. The first kappa shape index (κ1) is 10.7. The van der Waals surface area contributed by atoms with Crippen molar-refractivity contribution in [1.82, 2.24) is 0 Å². The number of hydrogen-bond acceptors (Lipinski definition) is 2. The maximum atomic E-state index is 5.37. The Morgan fingerprint density at radius 2 is 1.73 bits per heavy atom. The topological polar surface area (TPSA) is 18.5 Å². The van der Waals surface area contributed by atoms with Gasteiger partial charge in [-0.05, 0) is 23.5 Å². The molecule has 82 valence electrons. The molecule has 0 saturated heterocycles. The molecule has 0 radical (unpaired) electrons. The van der Waals surface area contributed by atoms with Crippen LogP contribution in [0.3, 0.4) is 0 Å². The fourth-order valence-corrected chi connectivity index (χ4v) is 2.61. The van der Waals surface area contributed by atoms with Gasteiger partial charge in [-0.3, -0.25) is 0 Å². The first-order valence-electron chi connectivity index (χ1n) is 5.42. The summed E-state index contributed by atoms with van der Waals surface area (Å²) in [5.74, 6) is 0.991. The average molecular weight is 206 g/mol. The molecule has 0 N–H and O–H groups in total. The Hall–Kier alpha value is -0.860. The molecule has 0 bridgehead atoms. The highest BCUT2D eigenvalue weighted by molar-refractivity contribution is 5.38. The zero-order valence-corrected chi connectivity index (χ0v) is 9.57. The lowest BCUT2D eigenvalue weighted by Gasteiger charge is -2.21. The van der Waals surface area contributed by atoms with Crippen molar-refractivity contribution in [3.05, 3.63) is 35.4 Å². The summed E-state index contributed by atoms with van der Waals surface area (Å²) < 4.78 is 10.7. The summed E-state index contributed by atoms with van der Waals surface area (Å²) in [5, 5.41) is 0. The summed E-state index contributed by atoms with van der Waals surface area (Å²) in [7, 11) is 3.42. The van der Waals surface area contributed by atoms with Gasteiger partial charge in [0, 0.05) is 20.1 Å². The third kappa shape index (κ3) is 1.80. The van der Waals surface area contributed by atoms with Crippen LogP contribution in [0.25, 0.3) is 0 Å². The Balaban J connectivity index is 2.31. The van der Waals surface area contributed by atoms with Crippen LogP contribution in [0.15, 0.2) is 24.3 Å². The minimum absolute atomic E-state index is 0.115. The van der Waals surface area contributed by atoms with Crippen LogP contribution in [0.2, 0.25) is 0 Å². The highest BCUT2D eigenvalue weighted by Gasteiger charge is 2.33. The lowest BCUT2D eigenvalue weighted by atomic mass is 10.0. The first-order chi connectivity index (χ1) is 7.27. The lowest BCUT2D eigenvalue weighted by molar-refractivity contribution is -0.118. The van der Waals surface area contributed by atoms with Gasteiger partial charge in [-0.25, -0.2) is 0 Å². The van der Waals surface area contributed by atoms with Crippen LogP contribution in [-0.4, -0.2) is 20.5 Å². The summed E-state index contributed by atoms with van der Waals surface area (Å²) in [6.07, 6.45) is 1.00. The first-order valence-corrected chi connectivity index (χ1v) is 5.42. The Bertz CT molecular complexity index is 331. The molecule has 2 heteroatoms. The maximum absolute atomic E-state index is 5.37. The van der Waals surface area contributed by atoms with E-state index in [1.807, 2.05) is 0 Å². The lowest BCUT2D eigenvalue weighted by Crippen LogP contribution is -2.21. The molecule has 1 aliphatic carbocycles. The van der Waals surface area contributed by atoms with Gasteiger partial charge >= 0.3 is 0 Å². The number of rotatable bonds is 3. The van der Waals surface area contributed by atoms with Crippen LogP contribution in [0, 0.1) is 0 Å². The number of methoxy groups -OCH3 is 2.